The van der Waals surface area contributed by atoms with E-state index >= 15 is 0 Å². The largest absolute Gasteiger partial charge is 0.326 e. The molecule has 5 nitrogen and oxygen atoms in total. The van der Waals surface area contributed by atoms with Crippen LogP contribution in [0.4, 0.5) is 11.4 Å². The van der Waals surface area contributed by atoms with Crippen molar-refractivity contribution in [2.75, 3.05) is 10.6 Å². The SMILES string of the molecule is Cc1cc(NC(=O)CC(=O)Nc2ccc(C#N)cc2)ccc1Br. The Kier molecular flexibility index (Phi) is 5.50. The second kappa shape index (κ2) is 7.56. The van der Waals surface area contributed by atoms with Gasteiger partial charge in [-0.3, -0.25) is 9.59 Å². The molecule has 0 aliphatic rings. The molecule has 2 amide bonds. The van der Waals surface area contributed by atoms with Crippen molar-refractivity contribution in [3.05, 3.63) is 58.1 Å². The highest BCUT2D eigenvalue weighted by molar-refractivity contribution is 9.10. The Hall–Kier alpha value is -2.65. The standard InChI is InChI=1S/C17H14BrN3O2/c1-11-8-14(6-7-15(11)18)21-17(23)9-16(22)20-13-4-2-12(10-19)3-5-13/h2-8H,9H2,1H3,(H,20,22)(H,21,23). The number of halogens is 1. The van der Waals surface area contributed by atoms with E-state index in [1.165, 1.54) is 0 Å². The van der Waals surface area contributed by atoms with Gasteiger partial charge in [-0.1, -0.05) is 15.9 Å². The van der Waals surface area contributed by atoms with E-state index in [1.54, 1.807) is 30.3 Å². The van der Waals surface area contributed by atoms with Gasteiger partial charge in [0.1, 0.15) is 6.42 Å². The van der Waals surface area contributed by atoms with Gasteiger partial charge >= 0.3 is 0 Å². The van der Waals surface area contributed by atoms with Crippen molar-refractivity contribution in [3.63, 3.8) is 0 Å². The molecule has 2 aromatic rings. The maximum Gasteiger partial charge on any atom is 0.233 e. The molecule has 2 aromatic carbocycles. The number of hydrogen-bond acceptors (Lipinski definition) is 3. The van der Waals surface area contributed by atoms with Gasteiger partial charge in [0, 0.05) is 15.8 Å². The van der Waals surface area contributed by atoms with Crippen molar-refractivity contribution in [2.45, 2.75) is 13.3 Å². The lowest BCUT2D eigenvalue weighted by molar-refractivity contribution is -0.123. The van der Waals surface area contributed by atoms with E-state index in [1.807, 2.05) is 25.1 Å². The summed E-state index contributed by atoms with van der Waals surface area (Å²) >= 11 is 3.39. The van der Waals surface area contributed by atoms with Crippen LogP contribution in [-0.4, -0.2) is 11.8 Å². The maximum atomic E-state index is 11.9. The van der Waals surface area contributed by atoms with Crippen molar-refractivity contribution < 1.29 is 9.59 Å². The summed E-state index contributed by atoms with van der Waals surface area (Å²) in [6.07, 6.45) is -0.283. The van der Waals surface area contributed by atoms with Crippen LogP contribution in [-0.2, 0) is 9.59 Å². The molecule has 0 heterocycles. The van der Waals surface area contributed by atoms with Gasteiger partial charge in [0.2, 0.25) is 11.8 Å². The van der Waals surface area contributed by atoms with Crippen LogP contribution in [0.5, 0.6) is 0 Å². The molecule has 23 heavy (non-hydrogen) atoms. The Morgan fingerprint density at radius 2 is 1.61 bits per heavy atom. The predicted octanol–water partition coefficient (Wildman–Crippen LogP) is 3.60. The van der Waals surface area contributed by atoms with Gasteiger partial charge in [0.25, 0.3) is 0 Å². The van der Waals surface area contributed by atoms with E-state index in [-0.39, 0.29) is 6.42 Å². The minimum Gasteiger partial charge on any atom is -0.326 e. The lowest BCUT2D eigenvalue weighted by Gasteiger charge is -2.08. The molecule has 0 saturated heterocycles. The summed E-state index contributed by atoms with van der Waals surface area (Å²) < 4.78 is 0.953. The number of carbonyl (C=O) groups excluding carboxylic acids is 2. The van der Waals surface area contributed by atoms with Crippen molar-refractivity contribution in [1.29, 1.82) is 5.26 Å². The van der Waals surface area contributed by atoms with E-state index in [2.05, 4.69) is 26.6 Å². The van der Waals surface area contributed by atoms with Crippen LogP contribution < -0.4 is 10.6 Å². The quantitative estimate of drug-likeness (QED) is 0.805. The predicted molar refractivity (Wildman–Crippen MR) is 91.9 cm³/mol. The highest BCUT2D eigenvalue weighted by Gasteiger charge is 2.10. The molecule has 116 valence electrons. The average molecular weight is 372 g/mol. The number of hydrogen-bond donors (Lipinski definition) is 2. The Bertz CT molecular complexity index is 779. The van der Waals surface area contributed by atoms with Crippen LogP contribution in [0.3, 0.4) is 0 Å². The number of aryl methyl sites for hydroxylation is 1. The van der Waals surface area contributed by atoms with Crippen LogP contribution in [0, 0.1) is 18.3 Å². The highest BCUT2D eigenvalue weighted by atomic mass is 79.9. The first kappa shape index (κ1) is 16.7. The summed E-state index contributed by atoms with van der Waals surface area (Å²) in [6.45, 7) is 1.91. The van der Waals surface area contributed by atoms with E-state index in [0.29, 0.717) is 16.9 Å². The summed E-state index contributed by atoms with van der Waals surface area (Å²) in [5.74, 6) is -0.807. The number of anilines is 2. The van der Waals surface area contributed by atoms with Crippen LogP contribution in [0.1, 0.15) is 17.5 Å². The van der Waals surface area contributed by atoms with Crippen LogP contribution in [0.2, 0.25) is 0 Å². The molecule has 0 unspecified atom stereocenters. The first-order valence-electron chi connectivity index (χ1n) is 6.84. The number of amides is 2. The van der Waals surface area contributed by atoms with Gasteiger partial charge in [-0.2, -0.15) is 5.26 Å². The van der Waals surface area contributed by atoms with Crippen molar-refractivity contribution in [1.82, 2.24) is 0 Å². The molecule has 6 heteroatoms. The second-order valence-corrected chi connectivity index (χ2v) is 5.78. The first-order valence-corrected chi connectivity index (χ1v) is 7.63. The lowest BCUT2D eigenvalue weighted by Crippen LogP contribution is -2.21. The molecule has 0 fully saturated rings. The third-order valence-corrected chi connectivity index (χ3v) is 3.95. The molecule has 2 N–H and O–H groups in total. The molecule has 2 rings (SSSR count). The number of nitrogens with one attached hydrogen (secondary N) is 2. The van der Waals surface area contributed by atoms with E-state index < -0.39 is 11.8 Å². The highest BCUT2D eigenvalue weighted by Crippen LogP contribution is 2.20. The molecule has 0 atom stereocenters. The monoisotopic (exact) mass is 371 g/mol. The van der Waals surface area contributed by atoms with Gasteiger partial charge in [0.05, 0.1) is 11.6 Å². The summed E-state index contributed by atoms with van der Waals surface area (Å²) in [6, 6.07) is 13.8. The molecular formula is C17H14BrN3O2. The molecule has 0 aliphatic carbocycles. The summed E-state index contributed by atoms with van der Waals surface area (Å²) in [7, 11) is 0. The van der Waals surface area contributed by atoms with E-state index in [9.17, 15) is 9.59 Å². The number of carbonyl (C=O) groups is 2. The first-order chi connectivity index (χ1) is 11.0. The summed E-state index contributed by atoms with van der Waals surface area (Å²) in [5, 5.41) is 14.0. The number of rotatable bonds is 4. The number of nitriles is 1. The van der Waals surface area contributed by atoms with Crippen molar-refractivity contribution >= 4 is 39.1 Å². The molecule has 0 aromatic heterocycles. The van der Waals surface area contributed by atoms with Gasteiger partial charge < -0.3 is 10.6 Å². The average Bonchev–Trinajstić information content (AvgIpc) is 2.51. The van der Waals surface area contributed by atoms with Gasteiger partial charge in [-0.15, -0.1) is 0 Å². The Labute approximate surface area is 142 Å². The molecule has 0 saturated carbocycles. The van der Waals surface area contributed by atoms with Gasteiger partial charge in [0.15, 0.2) is 0 Å². The number of nitrogens with zero attached hydrogens (tertiary/aromatic N) is 1. The van der Waals surface area contributed by atoms with E-state index in [4.69, 9.17) is 5.26 Å². The minimum atomic E-state index is -0.416. The molecule has 0 aliphatic heterocycles. The van der Waals surface area contributed by atoms with E-state index in [0.717, 1.165) is 10.0 Å². The molecule has 0 spiro atoms. The lowest BCUT2D eigenvalue weighted by atomic mass is 10.2. The summed E-state index contributed by atoms with van der Waals surface area (Å²) in [4.78, 5) is 23.7. The fourth-order valence-corrected chi connectivity index (χ4v) is 2.15. The molecular weight excluding hydrogens is 358 g/mol. The fourth-order valence-electron chi connectivity index (χ4n) is 1.91. The zero-order valence-electron chi connectivity index (χ0n) is 12.4. The van der Waals surface area contributed by atoms with Crippen molar-refractivity contribution in [3.8, 4) is 6.07 Å². The molecule has 0 radical (unpaired) electrons. The van der Waals surface area contributed by atoms with Gasteiger partial charge in [-0.05, 0) is 55.0 Å². The van der Waals surface area contributed by atoms with Crippen LogP contribution in [0.15, 0.2) is 46.9 Å². The minimum absolute atomic E-state index is 0.283. The van der Waals surface area contributed by atoms with Crippen LogP contribution >= 0.6 is 15.9 Å². The molecule has 0 bridgehead atoms. The Balaban J connectivity index is 1.90. The normalized spacial score (nSPS) is 9.78. The second-order valence-electron chi connectivity index (χ2n) is 4.93. The summed E-state index contributed by atoms with van der Waals surface area (Å²) in [5.41, 5.74) is 2.68. The van der Waals surface area contributed by atoms with Crippen molar-refractivity contribution in [2.24, 2.45) is 0 Å². The topological polar surface area (TPSA) is 82.0 Å². The zero-order valence-corrected chi connectivity index (χ0v) is 14.0. The smallest absolute Gasteiger partial charge is 0.233 e. The number of benzene rings is 2. The maximum absolute atomic E-state index is 11.9. The fraction of sp³-hybridized carbons (Fsp3) is 0.118. The Morgan fingerprint density at radius 3 is 2.17 bits per heavy atom. The third-order valence-electron chi connectivity index (χ3n) is 3.06. The van der Waals surface area contributed by atoms with Crippen LogP contribution in [0.25, 0.3) is 0 Å². The Morgan fingerprint density at radius 1 is 1.04 bits per heavy atom. The van der Waals surface area contributed by atoms with Gasteiger partial charge in [-0.25, -0.2) is 0 Å². The zero-order chi connectivity index (χ0) is 16.8. The third kappa shape index (κ3) is 4.94.